The van der Waals surface area contributed by atoms with Crippen LogP contribution in [0.25, 0.3) is 5.69 Å². The molecule has 13 heteroatoms. The largest absolute Gasteiger partial charge is 0.431 e. The summed E-state index contributed by atoms with van der Waals surface area (Å²) in [6.07, 6.45) is -4.90. The Hall–Kier alpha value is -2.80. The highest BCUT2D eigenvalue weighted by Crippen LogP contribution is 2.26. The van der Waals surface area contributed by atoms with Crippen LogP contribution in [0.2, 0.25) is 0 Å². The number of nitrogens with zero attached hydrogens (tertiary/aromatic N) is 1. The molecule has 0 aliphatic rings. The van der Waals surface area contributed by atoms with Gasteiger partial charge in [-0.1, -0.05) is 0 Å². The Labute approximate surface area is 131 Å². The molecule has 9 nitrogen and oxygen atoms in total. The van der Waals surface area contributed by atoms with Gasteiger partial charge in [0.1, 0.15) is 5.69 Å². The minimum atomic E-state index is -4.90. The van der Waals surface area contributed by atoms with E-state index in [-0.39, 0.29) is 23.1 Å². The number of halogens is 3. The van der Waals surface area contributed by atoms with Gasteiger partial charge in [-0.15, -0.1) is 0 Å². The normalized spacial score (nSPS) is 12.2. The smallest absolute Gasteiger partial charge is 0.397 e. The molecule has 0 atom stereocenters. The van der Waals surface area contributed by atoms with E-state index in [2.05, 4.69) is 0 Å². The predicted octanol–water partition coefficient (Wildman–Crippen LogP) is -0.258. The lowest BCUT2D eigenvalue weighted by Gasteiger charge is -2.12. The van der Waals surface area contributed by atoms with Crippen LogP contribution in [-0.2, 0) is 16.4 Å². The van der Waals surface area contributed by atoms with Crippen molar-refractivity contribution in [3.05, 3.63) is 50.8 Å². The third kappa shape index (κ3) is 3.75. The summed E-state index contributed by atoms with van der Waals surface area (Å²) in [5, 5.41) is 4.80. The highest BCUT2D eigenvalue weighted by atomic mass is 32.2. The Morgan fingerprint density at radius 2 is 1.79 bits per heavy atom. The van der Waals surface area contributed by atoms with Gasteiger partial charge in [-0.05, 0) is 18.2 Å². The van der Waals surface area contributed by atoms with E-state index >= 15 is 0 Å². The van der Waals surface area contributed by atoms with Crippen molar-refractivity contribution in [3.63, 3.8) is 0 Å². The fourth-order valence-corrected chi connectivity index (χ4v) is 2.30. The van der Waals surface area contributed by atoms with Crippen LogP contribution >= 0.6 is 0 Å². The van der Waals surface area contributed by atoms with Gasteiger partial charge < -0.3 is 10.7 Å². The van der Waals surface area contributed by atoms with Crippen LogP contribution in [0, 0.1) is 0 Å². The Balaban J connectivity index is 2.64. The van der Waals surface area contributed by atoms with E-state index in [1.165, 1.54) is 4.98 Å². The summed E-state index contributed by atoms with van der Waals surface area (Å²) in [5.41, 5.74) is 0.853. The van der Waals surface area contributed by atoms with Gasteiger partial charge in [-0.3, -0.25) is 9.52 Å². The number of nitrogens with two attached hydrogens (primary N) is 2. The SMILES string of the molecule is Nc1ccc(-n2c(=O)cc(C(F)(F)F)[nH]c2=O)cc1NS(N)(=O)=O. The number of aromatic nitrogens is 2. The van der Waals surface area contributed by atoms with E-state index in [4.69, 9.17) is 10.9 Å². The van der Waals surface area contributed by atoms with Gasteiger partial charge in [-0.2, -0.15) is 21.6 Å². The van der Waals surface area contributed by atoms with E-state index in [1.807, 2.05) is 4.72 Å². The van der Waals surface area contributed by atoms with Crippen molar-refractivity contribution in [1.82, 2.24) is 9.55 Å². The maximum Gasteiger partial charge on any atom is 0.431 e. The number of H-pyrrole nitrogens is 1. The maximum absolute atomic E-state index is 12.6. The van der Waals surface area contributed by atoms with Crippen LogP contribution in [-0.4, -0.2) is 18.0 Å². The zero-order valence-electron chi connectivity index (χ0n) is 11.6. The first-order chi connectivity index (χ1) is 10.9. The standard InChI is InChI=1S/C11H10F3N5O4S/c12-11(13,14)8-4-9(20)19(10(21)17-8)5-1-2-6(15)7(3-5)18-24(16,22)23/h1-4,18H,15H2,(H,17,21)(H2,16,22,23). The van der Waals surface area contributed by atoms with Gasteiger partial charge in [0, 0.05) is 6.07 Å². The third-order valence-electron chi connectivity index (χ3n) is 2.79. The summed E-state index contributed by atoms with van der Waals surface area (Å²) >= 11 is 0. The molecule has 6 N–H and O–H groups in total. The molecular weight excluding hydrogens is 355 g/mol. The van der Waals surface area contributed by atoms with Crippen LogP contribution in [0.4, 0.5) is 24.5 Å². The molecule has 0 radical (unpaired) electrons. The molecule has 130 valence electrons. The number of anilines is 2. The number of nitrogens with one attached hydrogen (secondary N) is 2. The first-order valence-electron chi connectivity index (χ1n) is 6.02. The van der Waals surface area contributed by atoms with Crippen molar-refractivity contribution >= 4 is 21.6 Å². The summed E-state index contributed by atoms with van der Waals surface area (Å²) in [6.45, 7) is 0. The van der Waals surface area contributed by atoms with Gasteiger partial charge in [0.2, 0.25) is 0 Å². The fraction of sp³-hybridized carbons (Fsp3) is 0.0909. The lowest BCUT2D eigenvalue weighted by molar-refractivity contribution is -0.141. The van der Waals surface area contributed by atoms with Crippen molar-refractivity contribution in [3.8, 4) is 5.69 Å². The highest BCUT2D eigenvalue weighted by molar-refractivity contribution is 7.90. The van der Waals surface area contributed by atoms with Crippen LogP contribution in [0.15, 0.2) is 33.9 Å². The second-order valence-electron chi connectivity index (χ2n) is 4.58. The molecule has 0 amide bonds. The van der Waals surface area contributed by atoms with Crippen LogP contribution in [0.3, 0.4) is 0 Å². The monoisotopic (exact) mass is 365 g/mol. The van der Waals surface area contributed by atoms with Crippen molar-refractivity contribution < 1.29 is 21.6 Å². The number of benzene rings is 1. The zero-order valence-corrected chi connectivity index (χ0v) is 12.4. The van der Waals surface area contributed by atoms with Gasteiger partial charge >= 0.3 is 11.9 Å². The molecule has 2 rings (SSSR count). The quantitative estimate of drug-likeness (QED) is 0.552. The van der Waals surface area contributed by atoms with Crippen molar-refractivity contribution in [2.24, 2.45) is 5.14 Å². The number of hydrogen-bond acceptors (Lipinski definition) is 5. The summed E-state index contributed by atoms with van der Waals surface area (Å²) < 4.78 is 62.0. The molecule has 1 aromatic carbocycles. The Morgan fingerprint density at radius 1 is 1.17 bits per heavy atom. The van der Waals surface area contributed by atoms with Gasteiger partial charge in [-0.25, -0.2) is 14.5 Å². The molecule has 1 heterocycles. The number of hydrogen-bond donors (Lipinski definition) is 4. The van der Waals surface area contributed by atoms with Crippen LogP contribution in [0.5, 0.6) is 0 Å². The van der Waals surface area contributed by atoms with Gasteiger partial charge in [0.15, 0.2) is 0 Å². The Bertz CT molecular complexity index is 978. The second kappa shape index (κ2) is 5.68. The lowest BCUT2D eigenvalue weighted by atomic mass is 10.2. The van der Waals surface area contributed by atoms with E-state index < -0.39 is 33.3 Å². The van der Waals surface area contributed by atoms with Crippen LogP contribution in [0.1, 0.15) is 5.69 Å². The minimum absolute atomic E-state index is 0.0795. The Morgan fingerprint density at radius 3 is 2.29 bits per heavy atom. The summed E-state index contributed by atoms with van der Waals surface area (Å²) in [4.78, 5) is 25.2. The molecule has 0 saturated heterocycles. The molecule has 0 bridgehead atoms. The summed E-state index contributed by atoms with van der Waals surface area (Å²) in [6, 6.07) is 3.47. The zero-order chi connectivity index (χ0) is 18.3. The number of aromatic amines is 1. The highest BCUT2D eigenvalue weighted by Gasteiger charge is 2.33. The average molecular weight is 365 g/mol. The third-order valence-corrected chi connectivity index (χ3v) is 3.29. The van der Waals surface area contributed by atoms with Crippen molar-refractivity contribution in [1.29, 1.82) is 0 Å². The first kappa shape index (κ1) is 17.6. The summed E-state index contributed by atoms with van der Waals surface area (Å²) in [5.74, 6) is 0. The first-order valence-corrected chi connectivity index (χ1v) is 7.57. The van der Waals surface area contributed by atoms with E-state index in [0.29, 0.717) is 4.57 Å². The van der Waals surface area contributed by atoms with Crippen molar-refractivity contribution in [2.75, 3.05) is 10.5 Å². The topological polar surface area (TPSA) is 153 Å². The van der Waals surface area contributed by atoms with Crippen molar-refractivity contribution in [2.45, 2.75) is 6.18 Å². The van der Waals surface area contributed by atoms with Gasteiger partial charge in [0.25, 0.3) is 15.8 Å². The molecular formula is C11H10F3N5O4S. The average Bonchev–Trinajstić information content (AvgIpc) is 2.38. The lowest BCUT2D eigenvalue weighted by Crippen LogP contribution is -2.35. The fourth-order valence-electron chi connectivity index (χ4n) is 1.82. The number of alkyl halides is 3. The molecule has 2 aromatic rings. The van der Waals surface area contributed by atoms with Gasteiger partial charge in [0.05, 0.1) is 17.1 Å². The molecule has 0 spiro atoms. The molecule has 1 aromatic heterocycles. The molecule has 0 aliphatic carbocycles. The predicted molar refractivity (Wildman–Crippen MR) is 78.8 cm³/mol. The second-order valence-corrected chi connectivity index (χ2v) is 5.87. The Kier molecular flexibility index (Phi) is 4.16. The summed E-state index contributed by atoms with van der Waals surface area (Å²) in [7, 11) is -4.20. The molecule has 0 aliphatic heterocycles. The van der Waals surface area contributed by atoms with E-state index in [1.54, 1.807) is 0 Å². The number of rotatable bonds is 3. The maximum atomic E-state index is 12.6. The number of nitrogen functional groups attached to an aromatic ring is 1. The minimum Gasteiger partial charge on any atom is -0.397 e. The van der Waals surface area contributed by atoms with E-state index in [9.17, 15) is 31.2 Å². The molecule has 0 fully saturated rings. The van der Waals surface area contributed by atoms with Crippen LogP contribution < -0.4 is 26.8 Å². The molecule has 0 saturated carbocycles. The molecule has 0 unspecified atom stereocenters. The van der Waals surface area contributed by atoms with E-state index in [0.717, 1.165) is 18.2 Å². The molecule has 24 heavy (non-hydrogen) atoms.